The molecule has 0 spiro atoms. The maximum atomic E-state index is 12.2. The minimum atomic E-state index is 0.0220. The predicted molar refractivity (Wildman–Crippen MR) is 86.2 cm³/mol. The molecule has 3 heteroatoms. The summed E-state index contributed by atoms with van der Waals surface area (Å²) < 4.78 is 0. The molecule has 0 heterocycles. The van der Waals surface area contributed by atoms with E-state index < -0.39 is 0 Å². The zero-order valence-electron chi connectivity index (χ0n) is 13.0. The molecular formula is C17H28N2O. The number of carbonyl (C=O) groups is 1. The lowest BCUT2D eigenvalue weighted by Gasteiger charge is -2.11. The van der Waals surface area contributed by atoms with Crippen LogP contribution in [0.15, 0.2) is 24.3 Å². The van der Waals surface area contributed by atoms with Gasteiger partial charge in [-0.1, -0.05) is 45.7 Å². The molecule has 112 valence electrons. The number of para-hydroxylation sites is 1. The lowest BCUT2D eigenvalue weighted by atomic mass is 10.1. The molecule has 0 unspecified atom stereocenters. The molecule has 0 saturated heterocycles. The van der Waals surface area contributed by atoms with Crippen molar-refractivity contribution in [1.82, 2.24) is 5.32 Å². The standard InChI is InChI=1S/C17H28N2O/c1-4-12-18-16-11-6-5-10-15(16)17(20)19-13-8-7-9-14(2)3/h5-6,10-11,14,18H,4,7-9,12-13H2,1-3H3,(H,19,20). The van der Waals surface area contributed by atoms with Crippen LogP contribution in [0.3, 0.4) is 0 Å². The van der Waals surface area contributed by atoms with Crippen LogP contribution in [0.2, 0.25) is 0 Å². The summed E-state index contributed by atoms with van der Waals surface area (Å²) in [5, 5.41) is 6.31. The number of hydrogen-bond donors (Lipinski definition) is 2. The van der Waals surface area contributed by atoms with Crippen LogP contribution in [0.25, 0.3) is 0 Å². The van der Waals surface area contributed by atoms with Crippen molar-refractivity contribution in [3.05, 3.63) is 29.8 Å². The van der Waals surface area contributed by atoms with E-state index in [0.717, 1.165) is 43.1 Å². The van der Waals surface area contributed by atoms with Gasteiger partial charge in [-0.25, -0.2) is 0 Å². The van der Waals surface area contributed by atoms with Crippen LogP contribution in [0.1, 0.15) is 56.8 Å². The van der Waals surface area contributed by atoms with E-state index in [0.29, 0.717) is 0 Å². The highest BCUT2D eigenvalue weighted by Crippen LogP contribution is 2.15. The van der Waals surface area contributed by atoms with Gasteiger partial charge in [-0.2, -0.15) is 0 Å². The van der Waals surface area contributed by atoms with Crippen molar-refractivity contribution in [1.29, 1.82) is 0 Å². The average molecular weight is 276 g/mol. The van der Waals surface area contributed by atoms with Gasteiger partial charge in [-0.3, -0.25) is 4.79 Å². The zero-order valence-corrected chi connectivity index (χ0v) is 13.0. The summed E-state index contributed by atoms with van der Waals surface area (Å²) >= 11 is 0. The lowest BCUT2D eigenvalue weighted by molar-refractivity contribution is 0.0953. The molecule has 2 N–H and O–H groups in total. The van der Waals surface area contributed by atoms with Crippen molar-refractivity contribution in [2.45, 2.75) is 46.5 Å². The van der Waals surface area contributed by atoms with Crippen molar-refractivity contribution < 1.29 is 4.79 Å². The third-order valence-corrected chi connectivity index (χ3v) is 3.23. The molecule has 0 aliphatic heterocycles. The Morgan fingerprint density at radius 1 is 1.15 bits per heavy atom. The second kappa shape index (κ2) is 9.40. The molecule has 0 atom stereocenters. The van der Waals surface area contributed by atoms with Crippen LogP contribution in [0.5, 0.6) is 0 Å². The maximum absolute atomic E-state index is 12.2. The van der Waals surface area contributed by atoms with Crippen molar-refractivity contribution in [2.75, 3.05) is 18.4 Å². The normalized spacial score (nSPS) is 10.6. The molecule has 1 aromatic carbocycles. The molecule has 0 aliphatic rings. The van der Waals surface area contributed by atoms with Gasteiger partial charge in [-0.05, 0) is 30.9 Å². The van der Waals surface area contributed by atoms with E-state index in [2.05, 4.69) is 31.4 Å². The Bertz CT molecular complexity index is 402. The Labute approximate surface area is 123 Å². The molecule has 1 rings (SSSR count). The molecule has 0 fully saturated rings. The van der Waals surface area contributed by atoms with E-state index in [1.165, 1.54) is 12.8 Å². The topological polar surface area (TPSA) is 41.1 Å². The minimum Gasteiger partial charge on any atom is -0.384 e. The largest absolute Gasteiger partial charge is 0.384 e. The number of hydrogen-bond acceptors (Lipinski definition) is 2. The van der Waals surface area contributed by atoms with Gasteiger partial charge in [0, 0.05) is 18.8 Å². The van der Waals surface area contributed by atoms with Gasteiger partial charge in [0.05, 0.1) is 5.56 Å². The number of carbonyl (C=O) groups excluding carboxylic acids is 1. The van der Waals surface area contributed by atoms with Crippen LogP contribution in [0, 0.1) is 5.92 Å². The molecule has 0 saturated carbocycles. The minimum absolute atomic E-state index is 0.0220. The van der Waals surface area contributed by atoms with E-state index >= 15 is 0 Å². The SMILES string of the molecule is CCCNc1ccccc1C(=O)NCCCCC(C)C. The third kappa shape index (κ3) is 6.09. The molecule has 1 amide bonds. The van der Waals surface area contributed by atoms with E-state index in [4.69, 9.17) is 0 Å². The summed E-state index contributed by atoms with van der Waals surface area (Å²) in [5.41, 5.74) is 1.67. The molecule has 0 aromatic heterocycles. The number of nitrogens with one attached hydrogen (secondary N) is 2. The summed E-state index contributed by atoms with van der Waals surface area (Å²) in [4.78, 5) is 12.2. The summed E-state index contributed by atoms with van der Waals surface area (Å²) in [5.74, 6) is 0.762. The van der Waals surface area contributed by atoms with Crippen LogP contribution >= 0.6 is 0 Å². The lowest BCUT2D eigenvalue weighted by Crippen LogP contribution is -2.25. The highest BCUT2D eigenvalue weighted by molar-refractivity contribution is 5.99. The van der Waals surface area contributed by atoms with Crippen molar-refractivity contribution >= 4 is 11.6 Å². The Hall–Kier alpha value is -1.51. The van der Waals surface area contributed by atoms with Crippen molar-refractivity contribution in [3.8, 4) is 0 Å². The first-order valence-corrected chi connectivity index (χ1v) is 7.76. The quantitative estimate of drug-likeness (QED) is 0.668. The fourth-order valence-corrected chi connectivity index (χ4v) is 2.07. The van der Waals surface area contributed by atoms with E-state index in [9.17, 15) is 4.79 Å². The Balaban J connectivity index is 2.42. The average Bonchev–Trinajstić information content (AvgIpc) is 2.44. The highest BCUT2D eigenvalue weighted by atomic mass is 16.1. The van der Waals surface area contributed by atoms with Gasteiger partial charge >= 0.3 is 0 Å². The predicted octanol–water partition coefficient (Wildman–Crippen LogP) is 4.06. The molecule has 20 heavy (non-hydrogen) atoms. The number of unbranched alkanes of at least 4 members (excludes halogenated alkanes) is 1. The molecule has 1 aromatic rings. The summed E-state index contributed by atoms with van der Waals surface area (Å²) in [6, 6.07) is 7.70. The van der Waals surface area contributed by atoms with Gasteiger partial charge < -0.3 is 10.6 Å². The number of benzene rings is 1. The van der Waals surface area contributed by atoms with E-state index in [1.807, 2.05) is 24.3 Å². The highest BCUT2D eigenvalue weighted by Gasteiger charge is 2.09. The Morgan fingerprint density at radius 3 is 2.60 bits per heavy atom. The molecule has 0 bridgehead atoms. The fourth-order valence-electron chi connectivity index (χ4n) is 2.07. The Morgan fingerprint density at radius 2 is 1.90 bits per heavy atom. The first kappa shape index (κ1) is 16.5. The maximum Gasteiger partial charge on any atom is 0.253 e. The summed E-state index contributed by atoms with van der Waals surface area (Å²) in [6.45, 7) is 8.22. The Kier molecular flexibility index (Phi) is 7.78. The van der Waals surface area contributed by atoms with Gasteiger partial charge in [0.1, 0.15) is 0 Å². The molecule has 3 nitrogen and oxygen atoms in total. The van der Waals surface area contributed by atoms with E-state index in [1.54, 1.807) is 0 Å². The zero-order chi connectivity index (χ0) is 14.8. The van der Waals surface area contributed by atoms with Gasteiger partial charge in [0.2, 0.25) is 0 Å². The van der Waals surface area contributed by atoms with Gasteiger partial charge in [0.15, 0.2) is 0 Å². The van der Waals surface area contributed by atoms with Gasteiger partial charge in [-0.15, -0.1) is 0 Å². The van der Waals surface area contributed by atoms with E-state index in [-0.39, 0.29) is 5.91 Å². The molecule has 0 radical (unpaired) electrons. The number of amides is 1. The van der Waals surface area contributed by atoms with Crippen molar-refractivity contribution in [3.63, 3.8) is 0 Å². The number of rotatable bonds is 9. The van der Waals surface area contributed by atoms with Crippen LogP contribution in [-0.2, 0) is 0 Å². The molecule has 0 aliphatic carbocycles. The summed E-state index contributed by atoms with van der Waals surface area (Å²) in [6.07, 6.45) is 4.50. The smallest absolute Gasteiger partial charge is 0.253 e. The molecular weight excluding hydrogens is 248 g/mol. The van der Waals surface area contributed by atoms with Crippen LogP contribution in [-0.4, -0.2) is 19.0 Å². The third-order valence-electron chi connectivity index (χ3n) is 3.23. The fraction of sp³-hybridized carbons (Fsp3) is 0.588. The van der Waals surface area contributed by atoms with Crippen LogP contribution < -0.4 is 10.6 Å². The first-order valence-electron chi connectivity index (χ1n) is 7.76. The van der Waals surface area contributed by atoms with Crippen molar-refractivity contribution in [2.24, 2.45) is 5.92 Å². The second-order valence-corrected chi connectivity index (χ2v) is 5.62. The number of anilines is 1. The monoisotopic (exact) mass is 276 g/mol. The van der Waals surface area contributed by atoms with Gasteiger partial charge in [0.25, 0.3) is 5.91 Å². The second-order valence-electron chi connectivity index (χ2n) is 5.62. The van der Waals surface area contributed by atoms with Crippen LogP contribution in [0.4, 0.5) is 5.69 Å². The first-order chi connectivity index (χ1) is 9.65. The summed E-state index contributed by atoms with van der Waals surface area (Å²) in [7, 11) is 0.